The number of H-pyrrole nitrogens is 1. The smallest absolute Gasteiger partial charge is 0.337 e. The Bertz CT molecular complexity index is 1160. The Labute approximate surface area is 151 Å². The van der Waals surface area contributed by atoms with E-state index in [-0.39, 0.29) is 16.4 Å². The number of hydrogen-bond acceptors (Lipinski definition) is 5. The van der Waals surface area contributed by atoms with E-state index in [1.807, 2.05) is 31.2 Å². The van der Waals surface area contributed by atoms with E-state index in [1.54, 1.807) is 16.9 Å². The summed E-state index contributed by atoms with van der Waals surface area (Å²) in [5.74, 6) is -0.426. The Morgan fingerprint density at radius 2 is 2.12 bits per heavy atom. The second kappa shape index (κ2) is 6.23. The van der Waals surface area contributed by atoms with Crippen LogP contribution in [0.1, 0.15) is 34.5 Å². The van der Waals surface area contributed by atoms with Crippen LogP contribution in [0.4, 0.5) is 0 Å². The van der Waals surface area contributed by atoms with Crippen molar-refractivity contribution >= 4 is 27.5 Å². The van der Waals surface area contributed by atoms with Crippen molar-refractivity contribution in [1.82, 2.24) is 19.7 Å². The zero-order chi connectivity index (χ0) is 18.3. The molecule has 0 bridgehead atoms. The Kier molecular flexibility index (Phi) is 3.89. The van der Waals surface area contributed by atoms with Gasteiger partial charge in [0.1, 0.15) is 0 Å². The maximum atomic E-state index is 11.5. The molecule has 4 aromatic rings. The second-order valence-corrected chi connectivity index (χ2v) is 6.90. The van der Waals surface area contributed by atoms with Crippen molar-refractivity contribution in [3.8, 4) is 5.82 Å². The highest BCUT2D eigenvalue weighted by Crippen LogP contribution is 2.26. The van der Waals surface area contributed by atoms with E-state index in [4.69, 9.17) is 5.11 Å². The molecular weight excluding hydrogens is 352 g/mol. The van der Waals surface area contributed by atoms with Gasteiger partial charge in [0.2, 0.25) is 0 Å². The number of carbonyl (C=O) groups is 1. The van der Waals surface area contributed by atoms with Gasteiger partial charge < -0.3 is 10.1 Å². The molecule has 0 aliphatic rings. The molecule has 0 aliphatic carbocycles. The molecule has 2 N–H and O–H groups in total. The summed E-state index contributed by atoms with van der Waals surface area (Å²) in [5, 5.41) is 13.5. The first-order chi connectivity index (χ1) is 12.5. The van der Waals surface area contributed by atoms with E-state index in [2.05, 4.69) is 15.1 Å². The number of fused-ring (bicyclic) bond motifs is 1. The molecule has 7 nitrogen and oxygen atoms in total. The number of hydrogen-bond donors (Lipinski definition) is 2. The van der Waals surface area contributed by atoms with Crippen molar-refractivity contribution < 1.29 is 9.90 Å². The summed E-state index contributed by atoms with van der Waals surface area (Å²) < 4.78 is 2.54. The molecule has 4 rings (SSSR count). The molecule has 3 heterocycles. The number of rotatable bonds is 4. The van der Waals surface area contributed by atoms with Crippen LogP contribution in [0.15, 0.2) is 53.6 Å². The molecule has 0 fully saturated rings. The number of thiazole rings is 1. The first-order valence-corrected chi connectivity index (χ1v) is 8.71. The van der Waals surface area contributed by atoms with Crippen LogP contribution in [0.5, 0.6) is 0 Å². The van der Waals surface area contributed by atoms with Gasteiger partial charge in [0, 0.05) is 18.3 Å². The Balaban J connectivity index is 1.63. The van der Waals surface area contributed by atoms with Crippen molar-refractivity contribution in [3.05, 3.63) is 75.3 Å². The highest BCUT2D eigenvalue weighted by Gasteiger charge is 2.14. The van der Waals surface area contributed by atoms with Crippen molar-refractivity contribution in [2.75, 3.05) is 0 Å². The fourth-order valence-electron chi connectivity index (χ4n) is 2.75. The van der Waals surface area contributed by atoms with Gasteiger partial charge in [-0.05, 0) is 35.9 Å². The number of nitrogens with one attached hydrogen (secondary N) is 1. The maximum Gasteiger partial charge on any atom is 0.337 e. The average Bonchev–Trinajstić information content (AvgIpc) is 3.26. The molecule has 0 radical (unpaired) electrons. The zero-order valence-corrected chi connectivity index (χ0v) is 14.5. The van der Waals surface area contributed by atoms with E-state index in [0.29, 0.717) is 5.82 Å². The minimum atomic E-state index is -1.01. The van der Waals surface area contributed by atoms with Gasteiger partial charge in [-0.15, -0.1) is 0 Å². The highest BCUT2D eigenvalue weighted by atomic mass is 32.1. The first-order valence-electron chi connectivity index (χ1n) is 7.89. The van der Waals surface area contributed by atoms with E-state index in [1.165, 1.54) is 23.6 Å². The van der Waals surface area contributed by atoms with Gasteiger partial charge in [0.15, 0.2) is 5.82 Å². The lowest BCUT2D eigenvalue weighted by atomic mass is 9.98. The lowest BCUT2D eigenvalue weighted by molar-refractivity contribution is 0.0696. The zero-order valence-electron chi connectivity index (χ0n) is 13.7. The molecule has 0 saturated carbocycles. The predicted octanol–water partition coefficient (Wildman–Crippen LogP) is 3.02. The summed E-state index contributed by atoms with van der Waals surface area (Å²) in [6.45, 7) is 2.05. The normalized spacial score (nSPS) is 12.3. The van der Waals surface area contributed by atoms with Gasteiger partial charge in [0.05, 0.1) is 21.5 Å². The second-order valence-electron chi connectivity index (χ2n) is 5.89. The average molecular weight is 366 g/mol. The summed E-state index contributed by atoms with van der Waals surface area (Å²) in [6.07, 6.45) is 3.10. The van der Waals surface area contributed by atoms with Crippen LogP contribution in [-0.4, -0.2) is 30.8 Å². The molecular formula is C18H14N4O3S. The minimum absolute atomic E-state index is 0.0381. The summed E-state index contributed by atoms with van der Waals surface area (Å²) in [7, 11) is 0. The molecule has 3 aromatic heterocycles. The molecule has 1 atom stereocenters. The first kappa shape index (κ1) is 16.2. The van der Waals surface area contributed by atoms with Crippen LogP contribution >= 0.6 is 11.3 Å². The molecule has 0 spiro atoms. The van der Waals surface area contributed by atoms with Gasteiger partial charge in [0.25, 0.3) is 0 Å². The number of carboxylic acid groups (broad SMARTS) is 1. The number of nitrogens with zero attached hydrogens (tertiary/aromatic N) is 3. The number of aromatic nitrogens is 4. The largest absolute Gasteiger partial charge is 0.478 e. The van der Waals surface area contributed by atoms with E-state index in [9.17, 15) is 9.59 Å². The van der Waals surface area contributed by atoms with Crippen LogP contribution in [0, 0.1) is 0 Å². The number of carboxylic acids is 1. The Morgan fingerprint density at radius 3 is 2.85 bits per heavy atom. The quantitative estimate of drug-likeness (QED) is 0.578. The summed E-state index contributed by atoms with van der Waals surface area (Å²) in [5.41, 5.74) is 2.89. The number of benzene rings is 1. The SMILES string of the molecule is CC(c1ccc2[nH]c(=O)sc2c1)c1ccn(-c2ccc(C(=O)O)cn2)n1. The van der Waals surface area contributed by atoms with E-state index >= 15 is 0 Å². The molecule has 1 unspecified atom stereocenters. The fourth-order valence-corrected chi connectivity index (χ4v) is 3.53. The monoisotopic (exact) mass is 366 g/mol. The van der Waals surface area contributed by atoms with Gasteiger partial charge in [-0.2, -0.15) is 5.10 Å². The fraction of sp³-hybridized carbons (Fsp3) is 0.111. The molecule has 1 aromatic carbocycles. The Morgan fingerprint density at radius 1 is 1.27 bits per heavy atom. The Hall–Kier alpha value is -3.26. The van der Waals surface area contributed by atoms with Crippen molar-refractivity contribution in [1.29, 1.82) is 0 Å². The van der Waals surface area contributed by atoms with Crippen LogP contribution in [0.2, 0.25) is 0 Å². The number of pyridine rings is 1. The molecule has 0 amide bonds. The lowest BCUT2D eigenvalue weighted by Crippen LogP contribution is -2.03. The summed E-state index contributed by atoms with van der Waals surface area (Å²) in [4.78, 5) is 29.3. The predicted molar refractivity (Wildman–Crippen MR) is 98.3 cm³/mol. The molecule has 0 aliphatic heterocycles. The number of aromatic amines is 1. The van der Waals surface area contributed by atoms with E-state index < -0.39 is 5.97 Å². The van der Waals surface area contributed by atoms with Crippen molar-refractivity contribution in [2.45, 2.75) is 12.8 Å². The van der Waals surface area contributed by atoms with Crippen LogP contribution in [0.3, 0.4) is 0 Å². The van der Waals surface area contributed by atoms with Crippen molar-refractivity contribution in [2.24, 2.45) is 0 Å². The van der Waals surface area contributed by atoms with Crippen LogP contribution in [0.25, 0.3) is 16.0 Å². The third-order valence-electron chi connectivity index (χ3n) is 4.23. The number of aromatic carboxylic acids is 1. The van der Waals surface area contributed by atoms with Crippen LogP contribution < -0.4 is 4.87 Å². The van der Waals surface area contributed by atoms with Gasteiger partial charge in [-0.1, -0.05) is 24.3 Å². The molecule has 130 valence electrons. The topological polar surface area (TPSA) is 101 Å². The van der Waals surface area contributed by atoms with Gasteiger partial charge >= 0.3 is 10.8 Å². The van der Waals surface area contributed by atoms with Crippen molar-refractivity contribution in [3.63, 3.8) is 0 Å². The lowest BCUT2D eigenvalue weighted by Gasteiger charge is -2.09. The summed E-state index contributed by atoms with van der Waals surface area (Å²) >= 11 is 1.19. The van der Waals surface area contributed by atoms with E-state index in [0.717, 1.165) is 21.5 Å². The highest BCUT2D eigenvalue weighted by molar-refractivity contribution is 7.16. The molecule has 0 saturated heterocycles. The molecule has 8 heteroatoms. The standard InChI is InChI=1S/C18H14N4O3S/c1-10(11-2-4-14-15(8-11)26-18(25)20-14)13-6-7-22(21-13)16-5-3-12(9-19-16)17(23)24/h2-10H,1H3,(H,20,25)(H,23,24). The maximum absolute atomic E-state index is 11.5. The van der Waals surface area contributed by atoms with Crippen LogP contribution in [-0.2, 0) is 0 Å². The molecule has 26 heavy (non-hydrogen) atoms. The third kappa shape index (κ3) is 2.91. The van der Waals surface area contributed by atoms with Gasteiger partial charge in [-0.3, -0.25) is 4.79 Å². The third-order valence-corrected chi connectivity index (χ3v) is 5.07. The summed E-state index contributed by atoms with van der Waals surface area (Å²) in [6, 6.07) is 10.9. The van der Waals surface area contributed by atoms with Gasteiger partial charge in [-0.25, -0.2) is 14.5 Å². The minimum Gasteiger partial charge on any atom is -0.478 e.